The molecule has 1 aromatic heterocycles. The maximum atomic E-state index is 13.2. The van der Waals surface area contributed by atoms with Crippen molar-refractivity contribution in [1.29, 1.82) is 5.26 Å². The number of aromatic amines is 1. The number of aromatic nitrogens is 2. The molecule has 2 N–H and O–H groups in total. The molecule has 4 unspecified atom stereocenters. The molecule has 1 aromatic carbocycles. The molecule has 0 saturated carbocycles. The summed E-state index contributed by atoms with van der Waals surface area (Å²) in [4.78, 5) is 35.5. The lowest BCUT2D eigenvalue weighted by Crippen LogP contribution is -2.42. The number of nitriles is 1. The van der Waals surface area contributed by atoms with Crippen molar-refractivity contribution in [2.45, 2.75) is 39.5 Å². The topological polar surface area (TPSA) is 102 Å². The molecule has 4 rings (SSSR count). The lowest BCUT2D eigenvalue weighted by molar-refractivity contribution is -0.119. The van der Waals surface area contributed by atoms with E-state index < -0.39 is 17.7 Å². The Labute approximate surface area is 176 Å². The van der Waals surface area contributed by atoms with Gasteiger partial charge in [-0.2, -0.15) is 10.2 Å². The zero-order chi connectivity index (χ0) is 21.4. The molecule has 4 atom stereocenters. The van der Waals surface area contributed by atoms with E-state index in [1.807, 2.05) is 24.3 Å². The molecule has 2 aliphatic rings. The highest BCUT2D eigenvalue weighted by atomic mass is 16.2. The number of benzene rings is 1. The van der Waals surface area contributed by atoms with Gasteiger partial charge in [-0.3, -0.25) is 14.6 Å². The Balaban J connectivity index is 1.80. The first-order chi connectivity index (χ1) is 14.4. The minimum Gasteiger partial charge on any atom is -0.342 e. The largest absolute Gasteiger partial charge is 0.342 e. The zero-order valence-corrected chi connectivity index (χ0v) is 17.6. The molecule has 7 heteroatoms. The van der Waals surface area contributed by atoms with Crippen molar-refractivity contribution < 1.29 is 4.79 Å². The fourth-order valence-corrected chi connectivity index (χ4v) is 4.81. The molecule has 0 radical (unpaired) electrons. The highest BCUT2D eigenvalue weighted by Crippen LogP contribution is 2.38. The second-order valence-electron chi connectivity index (χ2n) is 8.67. The predicted octanol–water partition coefficient (Wildman–Crippen LogP) is 3.04. The molecule has 2 aromatic rings. The molecule has 0 bridgehead atoms. The van der Waals surface area contributed by atoms with E-state index in [1.165, 1.54) is 0 Å². The highest BCUT2D eigenvalue weighted by molar-refractivity contribution is 5.98. The van der Waals surface area contributed by atoms with Crippen LogP contribution in [-0.4, -0.2) is 29.0 Å². The van der Waals surface area contributed by atoms with Crippen LogP contribution in [0.4, 0.5) is 11.8 Å². The van der Waals surface area contributed by atoms with E-state index in [1.54, 1.807) is 0 Å². The average Bonchev–Trinajstić information content (AvgIpc) is 2.72. The molecule has 7 nitrogen and oxygen atoms in total. The van der Waals surface area contributed by atoms with Crippen LogP contribution in [0.2, 0.25) is 0 Å². The number of anilines is 2. The summed E-state index contributed by atoms with van der Waals surface area (Å²) in [6.45, 7) is 8.06. The summed E-state index contributed by atoms with van der Waals surface area (Å²) in [5.41, 5.74) is 1.98. The highest BCUT2D eigenvalue weighted by Gasteiger charge is 2.40. The van der Waals surface area contributed by atoms with Crippen molar-refractivity contribution in [1.82, 2.24) is 9.97 Å². The third kappa shape index (κ3) is 3.58. The predicted molar refractivity (Wildman–Crippen MR) is 115 cm³/mol. The Morgan fingerprint density at radius 3 is 2.43 bits per heavy atom. The van der Waals surface area contributed by atoms with Crippen LogP contribution in [0.5, 0.6) is 0 Å². The Bertz CT molecular complexity index is 1040. The smallest absolute Gasteiger partial charge is 0.258 e. The molecule has 2 aliphatic heterocycles. The number of hydrogen-bond donors (Lipinski definition) is 2. The molecule has 3 heterocycles. The molecule has 0 aliphatic carbocycles. The Hall–Kier alpha value is -3.14. The van der Waals surface area contributed by atoms with Crippen molar-refractivity contribution in [2.24, 2.45) is 17.8 Å². The van der Waals surface area contributed by atoms with Gasteiger partial charge in [-0.25, -0.2) is 0 Å². The number of rotatable bonds is 3. The average molecular weight is 406 g/mol. The van der Waals surface area contributed by atoms with E-state index in [0.29, 0.717) is 23.3 Å². The first-order valence-corrected chi connectivity index (χ1v) is 10.6. The normalized spacial score (nSPS) is 25.9. The third-order valence-corrected chi connectivity index (χ3v) is 6.17. The molecule has 0 spiro atoms. The summed E-state index contributed by atoms with van der Waals surface area (Å²) >= 11 is 0. The van der Waals surface area contributed by atoms with Crippen LogP contribution in [0.3, 0.4) is 0 Å². The van der Waals surface area contributed by atoms with Crippen LogP contribution in [0.15, 0.2) is 29.1 Å². The van der Waals surface area contributed by atoms with Gasteiger partial charge in [0.25, 0.3) is 5.56 Å². The number of nitrogens with one attached hydrogen (secondary N) is 2. The number of piperidine rings is 1. The van der Waals surface area contributed by atoms with Gasteiger partial charge in [0.05, 0.1) is 11.6 Å². The van der Waals surface area contributed by atoms with Crippen molar-refractivity contribution in [3.05, 3.63) is 51.3 Å². The Morgan fingerprint density at radius 1 is 1.17 bits per heavy atom. The van der Waals surface area contributed by atoms with Gasteiger partial charge in [-0.05, 0) is 35.8 Å². The number of nitrogens with zero attached hydrogens (tertiary/aromatic N) is 3. The van der Waals surface area contributed by atoms with E-state index in [2.05, 4.69) is 47.0 Å². The van der Waals surface area contributed by atoms with E-state index >= 15 is 0 Å². The van der Waals surface area contributed by atoms with Crippen molar-refractivity contribution in [2.75, 3.05) is 23.3 Å². The second kappa shape index (κ2) is 7.94. The minimum atomic E-state index is -0.978. The summed E-state index contributed by atoms with van der Waals surface area (Å²) in [7, 11) is 0. The maximum absolute atomic E-state index is 13.2. The van der Waals surface area contributed by atoms with Crippen LogP contribution in [0.25, 0.3) is 0 Å². The van der Waals surface area contributed by atoms with Crippen LogP contribution in [-0.2, 0) is 11.2 Å². The van der Waals surface area contributed by atoms with E-state index in [4.69, 9.17) is 0 Å². The lowest BCUT2D eigenvalue weighted by atomic mass is 9.79. The fourth-order valence-electron chi connectivity index (χ4n) is 4.81. The first kappa shape index (κ1) is 20.1. The van der Waals surface area contributed by atoms with Gasteiger partial charge in [0.15, 0.2) is 0 Å². The molecule has 30 heavy (non-hydrogen) atoms. The summed E-state index contributed by atoms with van der Waals surface area (Å²) in [5.74, 6) is -0.300. The summed E-state index contributed by atoms with van der Waals surface area (Å²) in [5, 5.41) is 12.4. The number of hydrogen-bond acceptors (Lipinski definition) is 5. The van der Waals surface area contributed by atoms with Gasteiger partial charge in [0.1, 0.15) is 11.7 Å². The van der Waals surface area contributed by atoms with Crippen LogP contribution >= 0.6 is 0 Å². The van der Waals surface area contributed by atoms with Gasteiger partial charge in [0, 0.05) is 19.0 Å². The standard InChI is InChI=1S/C23H27N5O2/c1-4-15-5-7-16(8-6-15)18-17(10-24)21(29)25-20-19(18)22(30)27-23(26-20)28-11-13(2)9-14(3)12-28/h5-8,13-14,17-18H,4,9,11-12H2,1-3H3,(H2,25,26,27,29,30). The third-order valence-electron chi connectivity index (χ3n) is 6.17. The van der Waals surface area contributed by atoms with Crippen LogP contribution in [0, 0.1) is 29.1 Å². The molecule has 1 fully saturated rings. The number of carbonyl (C=O) groups excluding carboxylic acids is 1. The molecule has 1 saturated heterocycles. The van der Waals surface area contributed by atoms with Crippen LogP contribution < -0.4 is 15.8 Å². The Morgan fingerprint density at radius 2 is 1.83 bits per heavy atom. The van der Waals surface area contributed by atoms with Crippen molar-refractivity contribution >= 4 is 17.7 Å². The second-order valence-corrected chi connectivity index (χ2v) is 8.67. The van der Waals surface area contributed by atoms with Crippen molar-refractivity contribution in [3.8, 4) is 6.07 Å². The summed E-state index contributed by atoms with van der Waals surface area (Å²) < 4.78 is 0. The number of amides is 1. The lowest BCUT2D eigenvalue weighted by Gasteiger charge is -2.36. The maximum Gasteiger partial charge on any atom is 0.258 e. The number of aryl methyl sites for hydroxylation is 1. The van der Waals surface area contributed by atoms with E-state index in [-0.39, 0.29) is 11.4 Å². The van der Waals surface area contributed by atoms with Gasteiger partial charge < -0.3 is 10.2 Å². The SMILES string of the molecule is CCc1ccc(C2c3c(nc(N4CC(C)CC(C)C4)[nH]c3=O)NC(=O)C2C#N)cc1. The quantitative estimate of drug-likeness (QED) is 0.817. The molecule has 156 valence electrons. The van der Waals surface area contributed by atoms with Crippen LogP contribution in [0.1, 0.15) is 49.8 Å². The fraction of sp³-hybridized carbons (Fsp3) is 0.478. The van der Waals surface area contributed by atoms with E-state index in [9.17, 15) is 14.9 Å². The van der Waals surface area contributed by atoms with Gasteiger partial charge in [0.2, 0.25) is 11.9 Å². The van der Waals surface area contributed by atoms with E-state index in [0.717, 1.165) is 37.1 Å². The number of carbonyl (C=O) groups is 1. The summed E-state index contributed by atoms with van der Waals surface area (Å²) in [6.07, 6.45) is 2.03. The molecular formula is C23H27N5O2. The van der Waals surface area contributed by atoms with Gasteiger partial charge in [-0.1, -0.05) is 45.0 Å². The molecular weight excluding hydrogens is 378 g/mol. The van der Waals surface area contributed by atoms with Gasteiger partial charge in [-0.15, -0.1) is 0 Å². The first-order valence-electron chi connectivity index (χ1n) is 10.6. The van der Waals surface area contributed by atoms with Crippen molar-refractivity contribution in [3.63, 3.8) is 0 Å². The zero-order valence-electron chi connectivity index (χ0n) is 17.6. The van der Waals surface area contributed by atoms with Gasteiger partial charge >= 0.3 is 0 Å². The minimum absolute atomic E-state index is 0.265. The Kier molecular flexibility index (Phi) is 5.33. The number of fused-ring (bicyclic) bond motifs is 1. The molecule has 1 amide bonds. The number of H-pyrrole nitrogens is 1. The summed E-state index contributed by atoms with van der Waals surface area (Å²) in [6, 6.07) is 9.84. The monoisotopic (exact) mass is 405 g/mol.